The van der Waals surface area contributed by atoms with E-state index in [4.69, 9.17) is 4.74 Å². The van der Waals surface area contributed by atoms with Crippen molar-refractivity contribution in [2.75, 3.05) is 0 Å². The molecule has 0 radical (unpaired) electrons. The molecule has 0 amide bonds. The molecule has 2 aromatic carbocycles. The summed E-state index contributed by atoms with van der Waals surface area (Å²) in [6, 6.07) is 21.6. The van der Waals surface area contributed by atoms with Crippen molar-refractivity contribution < 1.29 is 9.31 Å². The molecule has 1 heterocycles. The first kappa shape index (κ1) is 16.5. The van der Waals surface area contributed by atoms with Crippen LogP contribution in [0.3, 0.4) is 0 Å². The zero-order chi connectivity index (χ0) is 17.1. The SMILES string of the molecule is CC(C)C1=[N+](C(C)C)C(c2ccccc2)C=C(c2ccccc2)O1. The van der Waals surface area contributed by atoms with Gasteiger partial charge in [-0.1, -0.05) is 60.7 Å². The van der Waals surface area contributed by atoms with Crippen molar-refractivity contribution in [1.82, 2.24) is 0 Å². The second-order valence-corrected chi connectivity index (χ2v) is 6.85. The van der Waals surface area contributed by atoms with Crippen LogP contribution in [0.1, 0.15) is 44.9 Å². The lowest BCUT2D eigenvalue weighted by atomic mass is 10.00. The van der Waals surface area contributed by atoms with Gasteiger partial charge >= 0.3 is 5.90 Å². The maximum atomic E-state index is 6.36. The molecular weight excluding hydrogens is 294 g/mol. The fourth-order valence-corrected chi connectivity index (χ4v) is 3.22. The molecule has 1 aliphatic heterocycles. The first-order chi connectivity index (χ1) is 11.6. The van der Waals surface area contributed by atoms with E-state index in [-0.39, 0.29) is 6.04 Å². The number of hydrogen-bond donors (Lipinski definition) is 0. The Kier molecular flexibility index (Phi) is 4.84. The van der Waals surface area contributed by atoms with E-state index in [1.807, 2.05) is 6.07 Å². The number of hydrogen-bond acceptors (Lipinski definition) is 1. The lowest BCUT2D eigenvalue weighted by molar-refractivity contribution is -0.600. The van der Waals surface area contributed by atoms with Crippen LogP contribution in [-0.4, -0.2) is 16.5 Å². The normalized spacial score (nSPS) is 17.9. The summed E-state index contributed by atoms with van der Waals surface area (Å²) < 4.78 is 8.76. The van der Waals surface area contributed by atoms with Gasteiger partial charge in [-0.25, -0.2) is 0 Å². The average Bonchev–Trinajstić information content (AvgIpc) is 2.62. The van der Waals surface area contributed by atoms with Gasteiger partial charge in [-0.05, 0) is 27.7 Å². The number of rotatable bonds is 4. The van der Waals surface area contributed by atoms with E-state index in [9.17, 15) is 0 Å². The summed E-state index contributed by atoms with van der Waals surface area (Å²) in [7, 11) is 0. The number of ether oxygens (including phenoxy) is 1. The molecule has 2 aromatic rings. The fraction of sp³-hybridized carbons (Fsp3) is 0.318. The molecule has 1 aliphatic rings. The standard InChI is InChI=1S/C22H26NO/c1-16(2)22-23(17(3)4)20(18-11-7-5-8-12-18)15-21(24-22)19-13-9-6-10-14-19/h5-17,20H,1-4H3/q+1. The molecule has 3 rings (SSSR count). The number of nitrogens with zero attached hydrogens (tertiary/aromatic N) is 1. The molecule has 0 aliphatic carbocycles. The van der Waals surface area contributed by atoms with Crippen molar-refractivity contribution in [2.24, 2.45) is 5.92 Å². The topological polar surface area (TPSA) is 12.2 Å². The smallest absolute Gasteiger partial charge is 0.345 e. The lowest BCUT2D eigenvalue weighted by Gasteiger charge is -2.26. The zero-order valence-corrected chi connectivity index (χ0v) is 14.9. The Balaban J connectivity index is 2.14. The molecule has 24 heavy (non-hydrogen) atoms. The molecule has 0 N–H and O–H groups in total. The van der Waals surface area contributed by atoms with Crippen LogP contribution in [-0.2, 0) is 4.74 Å². The van der Waals surface area contributed by atoms with E-state index in [0.717, 1.165) is 17.2 Å². The Morgan fingerprint density at radius 2 is 1.42 bits per heavy atom. The third-order valence-corrected chi connectivity index (χ3v) is 4.33. The van der Waals surface area contributed by atoms with Gasteiger partial charge in [0.1, 0.15) is 5.76 Å². The molecule has 0 spiro atoms. The van der Waals surface area contributed by atoms with Gasteiger partial charge < -0.3 is 4.74 Å². The molecule has 0 bridgehead atoms. The second kappa shape index (κ2) is 7.04. The molecule has 2 nitrogen and oxygen atoms in total. The van der Waals surface area contributed by atoms with Gasteiger partial charge in [0.2, 0.25) is 6.04 Å². The van der Waals surface area contributed by atoms with Crippen molar-refractivity contribution in [3.63, 3.8) is 0 Å². The van der Waals surface area contributed by atoms with Crippen LogP contribution >= 0.6 is 0 Å². The largest absolute Gasteiger partial charge is 0.408 e. The average molecular weight is 320 g/mol. The molecular formula is C22H26NO+. The highest BCUT2D eigenvalue weighted by Crippen LogP contribution is 2.32. The summed E-state index contributed by atoms with van der Waals surface area (Å²) >= 11 is 0. The van der Waals surface area contributed by atoms with Crippen molar-refractivity contribution in [3.05, 3.63) is 77.9 Å². The number of benzene rings is 2. The van der Waals surface area contributed by atoms with Gasteiger partial charge in [-0.15, -0.1) is 0 Å². The Hall–Kier alpha value is -2.35. The van der Waals surface area contributed by atoms with Crippen LogP contribution in [0.2, 0.25) is 0 Å². The molecule has 124 valence electrons. The second-order valence-electron chi connectivity index (χ2n) is 6.85. The summed E-state index contributed by atoms with van der Waals surface area (Å²) in [5.41, 5.74) is 2.42. The Bertz CT molecular complexity index is 742. The summed E-state index contributed by atoms with van der Waals surface area (Å²) in [4.78, 5) is 0. The first-order valence-corrected chi connectivity index (χ1v) is 8.73. The third kappa shape index (κ3) is 3.28. The predicted octanol–water partition coefficient (Wildman–Crippen LogP) is 5.27. The highest BCUT2D eigenvalue weighted by atomic mass is 16.5. The minimum atomic E-state index is 0.188. The van der Waals surface area contributed by atoms with E-state index in [1.54, 1.807) is 0 Å². The third-order valence-electron chi connectivity index (χ3n) is 4.33. The minimum Gasteiger partial charge on any atom is -0.408 e. The van der Waals surface area contributed by atoms with Crippen LogP contribution in [0.15, 0.2) is 66.7 Å². The van der Waals surface area contributed by atoms with E-state index in [0.29, 0.717) is 12.0 Å². The van der Waals surface area contributed by atoms with E-state index in [1.165, 1.54) is 5.56 Å². The predicted molar refractivity (Wildman–Crippen MR) is 99.9 cm³/mol. The van der Waals surface area contributed by atoms with Crippen LogP contribution in [0.25, 0.3) is 5.76 Å². The zero-order valence-electron chi connectivity index (χ0n) is 14.9. The molecule has 1 unspecified atom stereocenters. The molecule has 1 atom stereocenters. The lowest BCUT2D eigenvalue weighted by Crippen LogP contribution is -2.37. The van der Waals surface area contributed by atoms with Gasteiger partial charge in [-0.3, -0.25) is 0 Å². The maximum absolute atomic E-state index is 6.36. The van der Waals surface area contributed by atoms with Gasteiger partial charge in [0.25, 0.3) is 0 Å². The quantitative estimate of drug-likeness (QED) is 0.699. The summed E-state index contributed by atoms with van der Waals surface area (Å²) in [6.07, 6.45) is 2.25. The van der Waals surface area contributed by atoms with E-state index >= 15 is 0 Å². The van der Waals surface area contributed by atoms with Gasteiger partial charge in [0, 0.05) is 17.2 Å². The van der Waals surface area contributed by atoms with E-state index in [2.05, 4.69) is 92.9 Å². The van der Waals surface area contributed by atoms with Crippen molar-refractivity contribution in [2.45, 2.75) is 39.8 Å². The molecule has 0 saturated heterocycles. The Morgan fingerprint density at radius 3 is 1.96 bits per heavy atom. The Morgan fingerprint density at radius 1 is 0.833 bits per heavy atom. The van der Waals surface area contributed by atoms with Crippen molar-refractivity contribution in [1.29, 1.82) is 0 Å². The van der Waals surface area contributed by atoms with Crippen LogP contribution in [0.5, 0.6) is 0 Å². The van der Waals surface area contributed by atoms with Gasteiger partial charge in [-0.2, -0.15) is 4.58 Å². The minimum absolute atomic E-state index is 0.188. The molecule has 0 fully saturated rings. The highest BCUT2D eigenvalue weighted by Gasteiger charge is 2.36. The van der Waals surface area contributed by atoms with Crippen LogP contribution < -0.4 is 0 Å². The summed E-state index contributed by atoms with van der Waals surface area (Å²) in [6.45, 7) is 8.84. The maximum Gasteiger partial charge on any atom is 0.345 e. The summed E-state index contributed by atoms with van der Waals surface area (Å²) in [5, 5.41) is 0. The van der Waals surface area contributed by atoms with Gasteiger partial charge in [0.15, 0.2) is 6.04 Å². The van der Waals surface area contributed by atoms with Crippen LogP contribution in [0.4, 0.5) is 0 Å². The van der Waals surface area contributed by atoms with Crippen LogP contribution in [0, 0.1) is 5.92 Å². The molecule has 2 heteroatoms. The summed E-state index contributed by atoms with van der Waals surface area (Å²) in [5.74, 6) is 2.32. The fourth-order valence-electron chi connectivity index (χ4n) is 3.22. The molecule has 0 aromatic heterocycles. The highest BCUT2D eigenvalue weighted by molar-refractivity contribution is 5.82. The van der Waals surface area contributed by atoms with Crippen molar-refractivity contribution >= 4 is 11.7 Å². The monoisotopic (exact) mass is 320 g/mol. The van der Waals surface area contributed by atoms with E-state index < -0.39 is 0 Å². The van der Waals surface area contributed by atoms with Crippen molar-refractivity contribution in [3.8, 4) is 0 Å². The van der Waals surface area contributed by atoms with Gasteiger partial charge in [0.05, 0.1) is 5.92 Å². The first-order valence-electron chi connectivity index (χ1n) is 8.73. The Labute approximate surface area is 145 Å². The molecule has 0 saturated carbocycles.